The Morgan fingerprint density at radius 2 is 1.47 bits per heavy atom. The van der Waals surface area contributed by atoms with Crippen LogP contribution in [0.15, 0.2) is 72.8 Å². The lowest BCUT2D eigenvalue weighted by atomic mass is 9.85. The molecule has 3 heterocycles. The fraction of sp³-hybridized carbons (Fsp3) is 0.357. The molecule has 0 unspecified atom stereocenters. The van der Waals surface area contributed by atoms with Crippen molar-refractivity contribution in [2.45, 2.75) is 44.8 Å². The molecule has 0 N–H and O–H groups in total. The molecule has 0 atom stereocenters. The molecule has 5 nitrogen and oxygen atoms in total. The average Bonchev–Trinajstić information content (AvgIpc) is 3.35. The maximum atomic E-state index is 13.8. The summed E-state index contributed by atoms with van der Waals surface area (Å²) in [7, 11) is 0. The standard InChI is InChI=1S/C28H31N3O2S/c1-22-12-13-25(34-22)21-29-18-15-28(16-19-29)26(32)30(20-24-10-6-3-7-11-24)27(33)31(28)17-14-23-8-4-2-5-9-23/h2-13H,14-21H2,1H3. The molecule has 34 heavy (non-hydrogen) atoms. The zero-order valence-corrected chi connectivity index (χ0v) is 20.5. The van der Waals surface area contributed by atoms with Crippen LogP contribution in [0.3, 0.4) is 0 Å². The van der Waals surface area contributed by atoms with E-state index in [4.69, 9.17) is 0 Å². The van der Waals surface area contributed by atoms with Crippen molar-refractivity contribution >= 4 is 23.3 Å². The molecular formula is C28H31N3O2S. The van der Waals surface area contributed by atoms with E-state index in [1.807, 2.05) is 64.8 Å². The number of imide groups is 1. The first-order chi connectivity index (χ1) is 16.5. The minimum atomic E-state index is -0.734. The molecule has 0 aliphatic carbocycles. The number of amides is 3. The fourth-order valence-electron chi connectivity index (χ4n) is 5.24. The van der Waals surface area contributed by atoms with Crippen LogP contribution < -0.4 is 0 Å². The quantitative estimate of drug-likeness (QED) is 0.449. The van der Waals surface area contributed by atoms with E-state index in [0.717, 1.165) is 31.6 Å². The van der Waals surface area contributed by atoms with Gasteiger partial charge in [-0.15, -0.1) is 11.3 Å². The van der Waals surface area contributed by atoms with Gasteiger partial charge in [-0.2, -0.15) is 0 Å². The molecule has 3 aromatic rings. The van der Waals surface area contributed by atoms with Crippen LogP contribution >= 0.6 is 11.3 Å². The molecule has 2 aliphatic rings. The number of carbonyl (C=O) groups excluding carboxylic acids is 2. The molecule has 0 bridgehead atoms. The van der Waals surface area contributed by atoms with E-state index in [0.29, 0.717) is 25.9 Å². The average molecular weight is 474 g/mol. The van der Waals surface area contributed by atoms with Crippen LogP contribution in [0.2, 0.25) is 0 Å². The number of urea groups is 1. The lowest BCUT2D eigenvalue weighted by Crippen LogP contribution is -2.56. The topological polar surface area (TPSA) is 43.9 Å². The fourth-order valence-corrected chi connectivity index (χ4v) is 6.17. The number of carbonyl (C=O) groups is 2. The first-order valence-electron chi connectivity index (χ1n) is 12.0. The van der Waals surface area contributed by atoms with Crippen LogP contribution in [0.25, 0.3) is 0 Å². The number of aryl methyl sites for hydroxylation is 1. The molecular weight excluding hydrogens is 442 g/mol. The summed E-state index contributed by atoms with van der Waals surface area (Å²) in [4.78, 5) is 35.9. The maximum absolute atomic E-state index is 13.8. The van der Waals surface area contributed by atoms with Crippen molar-refractivity contribution in [3.8, 4) is 0 Å². The minimum absolute atomic E-state index is 0.0268. The van der Waals surface area contributed by atoms with E-state index in [2.05, 4.69) is 36.1 Å². The lowest BCUT2D eigenvalue weighted by molar-refractivity contribution is -0.136. The zero-order valence-electron chi connectivity index (χ0n) is 19.7. The first kappa shape index (κ1) is 22.8. The van der Waals surface area contributed by atoms with Crippen molar-refractivity contribution in [1.82, 2.24) is 14.7 Å². The third-order valence-electron chi connectivity index (χ3n) is 7.13. The predicted octanol–water partition coefficient (Wildman–Crippen LogP) is 5.10. The van der Waals surface area contributed by atoms with Crippen LogP contribution in [-0.4, -0.2) is 51.8 Å². The van der Waals surface area contributed by atoms with E-state index in [9.17, 15) is 9.59 Å². The van der Waals surface area contributed by atoms with Crippen LogP contribution in [0.1, 0.15) is 33.7 Å². The molecule has 1 spiro atoms. The number of nitrogens with zero attached hydrogens (tertiary/aromatic N) is 3. The summed E-state index contributed by atoms with van der Waals surface area (Å²) in [5.41, 5.74) is 1.43. The first-order valence-corrected chi connectivity index (χ1v) is 12.9. The molecule has 2 aliphatic heterocycles. The van der Waals surface area contributed by atoms with Gasteiger partial charge in [0.15, 0.2) is 0 Å². The Hall–Kier alpha value is -2.96. The van der Waals surface area contributed by atoms with Crippen molar-refractivity contribution in [3.05, 3.63) is 93.7 Å². The molecule has 2 aromatic carbocycles. The van der Waals surface area contributed by atoms with Gasteiger partial charge in [-0.3, -0.25) is 14.6 Å². The highest BCUT2D eigenvalue weighted by Gasteiger charge is 2.57. The number of piperidine rings is 1. The number of benzene rings is 2. The van der Waals surface area contributed by atoms with Crippen LogP contribution in [-0.2, 0) is 24.3 Å². The molecule has 1 aromatic heterocycles. The normalized spacial score (nSPS) is 18.3. The van der Waals surface area contributed by atoms with Crippen molar-refractivity contribution in [1.29, 1.82) is 0 Å². The summed E-state index contributed by atoms with van der Waals surface area (Å²) < 4.78 is 0. The van der Waals surface area contributed by atoms with Crippen molar-refractivity contribution in [2.75, 3.05) is 19.6 Å². The predicted molar refractivity (Wildman–Crippen MR) is 136 cm³/mol. The Labute approximate surface area is 205 Å². The van der Waals surface area contributed by atoms with Crippen molar-refractivity contribution in [3.63, 3.8) is 0 Å². The van der Waals surface area contributed by atoms with Gasteiger partial charge in [0.2, 0.25) is 0 Å². The maximum Gasteiger partial charge on any atom is 0.328 e. The summed E-state index contributed by atoms with van der Waals surface area (Å²) in [6.45, 7) is 5.57. The van der Waals surface area contributed by atoms with E-state index in [1.165, 1.54) is 20.2 Å². The molecule has 0 saturated carbocycles. The lowest BCUT2D eigenvalue weighted by Gasteiger charge is -2.42. The van der Waals surface area contributed by atoms with E-state index in [1.54, 1.807) is 0 Å². The highest BCUT2D eigenvalue weighted by Crippen LogP contribution is 2.38. The highest BCUT2D eigenvalue weighted by atomic mass is 32.1. The summed E-state index contributed by atoms with van der Waals surface area (Å²) in [5.74, 6) is -0.0268. The van der Waals surface area contributed by atoms with E-state index in [-0.39, 0.29) is 11.9 Å². The molecule has 2 fully saturated rings. The Balaban J connectivity index is 1.35. The molecule has 3 amide bonds. The Kier molecular flexibility index (Phi) is 6.53. The second kappa shape index (κ2) is 9.72. The minimum Gasteiger partial charge on any atom is -0.309 e. The van der Waals surface area contributed by atoms with Crippen LogP contribution in [0.4, 0.5) is 4.79 Å². The van der Waals surface area contributed by atoms with Gasteiger partial charge in [-0.1, -0.05) is 60.7 Å². The van der Waals surface area contributed by atoms with Gasteiger partial charge < -0.3 is 4.90 Å². The Morgan fingerprint density at radius 1 is 0.824 bits per heavy atom. The SMILES string of the molecule is Cc1ccc(CN2CCC3(CC2)C(=O)N(Cc2ccccc2)C(=O)N3CCc2ccccc2)s1. The molecule has 5 rings (SSSR count). The zero-order chi connectivity index (χ0) is 23.5. The second-order valence-electron chi connectivity index (χ2n) is 9.37. The summed E-state index contributed by atoms with van der Waals surface area (Å²) in [6.07, 6.45) is 2.11. The van der Waals surface area contributed by atoms with E-state index >= 15 is 0 Å². The van der Waals surface area contributed by atoms with Gasteiger partial charge in [0.05, 0.1) is 6.54 Å². The number of thiophene rings is 1. The summed E-state index contributed by atoms with van der Waals surface area (Å²) >= 11 is 1.83. The second-order valence-corrected chi connectivity index (χ2v) is 10.7. The number of rotatable bonds is 7. The van der Waals surface area contributed by atoms with Gasteiger partial charge in [0.1, 0.15) is 5.54 Å². The monoisotopic (exact) mass is 473 g/mol. The van der Waals surface area contributed by atoms with E-state index < -0.39 is 5.54 Å². The van der Waals surface area contributed by atoms with Gasteiger partial charge in [-0.25, -0.2) is 4.79 Å². The smallest absolute Gasteiger partial charge is 0.309 e. The van der Waals surface area contributed by atoms with Gasteiger partial charge in [0, 0.05) is 35.9 Å². The number of hydrogen-bond acceptors (Lipinski definition) is 4. The van der Waals surface area contributed by atoms with Crippen molar-refractivity contribution in [2.24, 2.45) is 0 Å². The largest absolute Gasteiger partial charge is 0.328 e. The summed E-state index contributed by atoms with van der Waals surface area (Å²) in [6, 6.07) is 24.2. The van der Waals surface area contributed by atoms with Crippen molar-refractivity contribution < 1.29 is 9.59 Å². The third kappa shape index (κ3) is 4.52. The van der Waals surface area contributed by atoms with Crippen LogP contribution in [0.5, 0.6) is 0 Å². The Bertz CT molecular complexity index is 1140. The highest BCUT2D eigenvalue weighted by molar-refractivity contribution is 7.11. The molecule has 2 saturated heterocycles. The molecule has 0 radical (unpaired) electrons. The van der Waals surface area contributed by atoms with Gasteiger partial charge in [-0.05, 0) is 49.4 Å². The summed E-state index contributed by atoms with van der Waals surface area (Å²) in [5, 5.41) is 0. The number of hydrogen-bond donors (Lipinski definition) is 0. The third-order valence-corrected chi connectivity index (χ3v) is 8.12. The Morgan fingerprint density at radius 3 is 2.09 bits per heavy atom. The molecule has 176 valence electrons. The molecule has 6 heteroatoms. The van der Waals surface area contributed by atoms with Crippen LogP contribution in [0, 0.1) is 6.92 Å². The van der Waals surface area contributed by atoms with Gasteiger partial charge >= 0.3 is 6.03 Å². The van der Waals surface area contributed by atoms with Gasteiger partial charge in [0.25, 0.3) is 5.91 Å². The number of likely N-dealkylation sites (tertiary alicyclic amines) is 1.